The van der Waals surface area contributed by atoms with Crippen molar-refractivity contribution in [2.75, 3.05) is 32.8 Å². The second-order valence-corrected chi connectivity index (χ2v) is 8.90. The van der Waals surface area contributed by atoms with Crippen LogP contribution >= 0.6 is 11.3 Å². The van der Waals surface area contributed by atoms with Crippen LogP contribution in [0.2, 0.25) is 0 Å². The highest BCUT2D eigenvalue weighted by molar-refractivity contribution is 7.08. The number of piperidine rings is 1. The van der Waals surface area contributed by atoms with E-state index in [1.807, 2.05) is 51.7 Å². The number of ether oxygens (including phenoxy) is 1. The van der Waals surface area contributed by atoms with E-state index < -0.39 is 0 Å². The van der Waals surface area contributed by atoms with E-state index in [1.165, 1.54) is 11.3 Å². The van der Waals surface area contributed by atoms with E-state index in [4.69, 9.17) is 4.74 Å². The fraction of sp³-hybridized carbons (Fsp3) is 0.409. The van der Waals surface area contributed by atoms with Crippen LogP contribution in [-0.2, 0) is 4.74 Å². The van der Waals surface area contributed by atoms with Gasteiger partial charge >= 0.3 is 0 Å². The molecule has 2 aromatic heterocycles. The number of fused-ring (bicyclic) bond motifs is 1. The number of H-pyrrole nitrogens is 1. The normalized spacial score (nSPS) is 18.8. The molecule has 3 aromatic rings. The zero-order chi connectivity index (χ0) is 20.7. The van der Waals surface area contributed by atoms with Gasteiger partial charge in [-0.3, -0.25) is 9.59 Å². The summed E-state index contributed by atoms with van der Waals surface area (Å²) in [7, 11) is 0. The Morgan fingerprint density at radius 2 is 1.90 bits per heavy atom. The lowest BCUT2D eigenvalue weighted by Crippen LogP contribution is -2.58. The molecule has 7 nitrogen and oxygen atoms in total. The molecule has 4 heterocycles. The Labute approximate surface area is 178 Å². The van der Waals surface area contributed by atoms with Crippen LogP contribution in [0.3, 0.4) is 0 Å². The summed E-state index contributed by atoms with van der Waals surface area (Å²) in [6.45, 7) is 4.87. The molecule has 5 rings (SSSR count). The minimum atomic E-state index is -0.367. The molecule has 1 N–H and O–H groups in total. The number of hydrogen-bond donors (Lipinski definition) is 1. The molecule has 2 fully saturated rings. The monoisotopic (exact) mass is 424 g/mol. The number of likely N-dealkylation sites (tertiary alicyclic amines) is 1. The molecule has 30 heavy (non-hydrogen) atoms. The predicted molar refractivity (Wildman–Crippen MR) is 115 cm³/mol. The van der Waals surface area contributed by atoms with Crippen LogP contribution in [0, 0.1) is 6.92 Å². The van der Waals surface area contributed by atoms with E-state index in [-0.39, 0.29) is 17.4 Å². The van der Waals surface area contributed by atoms with Crippen LogP contribution in [0.25, 0.3) is 11.0 Å². The minimum Gasteiger partial charge on any atom is -0.371 e. The third-order valence-electron chi connectivity index (χ3n) is 6.11. The first-order valence-corrected chi connectivity index (χ1v) is 11.2. The van der Waals surface area contributed by atoms with Gasteiger partial charge in [-0.05, 0) is 49.4 Å². The lowest BCUT2D eigenvalue weighted by atomic mass is 9.89. The molecule has 1 spiro atoms. The quantitative estimate of drug-likeness (QED) is 0.686. The molecule has 8 heteroatoms. The van der Waals surface area contributed by atoms with Crippen molar-refractivity contribution in [1.82, 2.24) is 19.8 Å². The number of nitrogens with zero attached hydrogens (tertiary/aromatic N) is 3. The van der Waals surface area contributed by atoms with Gasteiger partial charge in [0.05, 0.1) is 35.3 Å². The Morgan fingerprint density at radius 3 is 2.67 bits per heavy atom. The van der Waals surface area contributed by atoms with Gasteiger partial charge in [-0.15, -0.1) is 0 Å². The van der Waals surface area contributed by atoms with E-state index in [9.17, 15) is 9.59 Å². The van der Waals surface area contributed by atoms with Gasteiger partial charge in [-0.2, -0.15) is 11.3 Å². The van der Waals surface area contributed by atoms with Crippen molar-refractivity contribution < 1.29 is 14.3 Å². The summed E-state index contributed by atoms with van der Waals surface area (Å²) in [6, 6.07) is 7.47. The van der Waals surface area contributed by atoms with Crippen molar-refractivity contribution in [2.45, 2.75) is 25.4 Å². The number of carbonyl (C=O) groups excluding carboxylic acids is 2. The van der Waals surface area contributed by atoms with Gasteiger partial charge < -0.3 is 19.5 Å². The lowest BCUT2D eigenvalue weighted by Gasteiger charge is -2.47. The fourth-order valence-electron chi connectivity index (χ4n) is 4.46. The van der Waals surface area contributed by atoms with E-state index in [0.717, 1.165) is 35.3 Å². The molecule has 2 saturated heterocycles. The highest BCUT2D eigenvalue weighted by atomic mass is 32.1. The van der Waals surface area contributed by atoms with Crippen molar-refractivity contribution in [3.8, 4) is 0 Å². The van der Waals surface area contributed by atoms with Crippen molar-refractivity contribution in [2.24, 2.45) is 0 Å². The Bertz CT molecular complexity index is 1080. The summed E-state index contributed by atoms with van der Waals surface area (Å²) >= 11 is 1.53. The van der Waals surface area contributed by atoms with Gasteiger partial charge in [0.1, 0.15) is 5.82 Å². The number of rotatable bonds is 2. The van der Waals surface area contributed by atoms with E-state index in [2.05, 4.69) is 9.97 Å². The first-order valence-electron chi connectivity index (χ1n) is 10.2. The third kappa shape index (κ3) is 3.50. The summed E-state index contributed by atoms with van der Waals surface area (Å²) in [4.78, 5) is 37.2. The Hall–Kier alpha value is -2.71. The van der Waals surface area contributed by atoms with Crippen molar-refractivity contribution in [3.05, 3.63) is 52.0 Å². The maximum atomic E-state index is 13.2. The van der Waals surface area contributed by atoms with Crippen LogP contribution in [0.5, 0.6) is 0 Å². The van der Waals surface area contributed by atoms with E-state index >= 15 is 0 Å². The number of nitrogens with one attached hydrogen (secondary N) is 1. The number of morpholine rings is 1. The average Bonchev–Trinajstić information content (AvgIpc) is 3.42. The van der Waals surface area contributed by atoms with Crippen LogP contribution < -0.4 is 0 Å². The Kier molecular flexibility index (Phi) is 4.83. The minimum absolute atomic E-state index is 0.0172. The molecule has 0 radical (unpaired) electrons. The molecule has 2 aliphatic rings. The zero-order valence-electron chi connectivity index (χ0n) is 16.9. The van der Waals surface area contributed by atoms with Crippen molar-refractivity contribution in [1.29, 1.82) is 0 Å². The molecule has 1 aromatic carbocycles. The summed E-state index contributed by atoms with van der Waals surface area (Å²) < 4.78 is 6.17. The Balaban J connectivity index is 1.27. The summed E-state index contributed by atoms with van der Waals surface area (Å²) in [6.07, 6.45) is 1.48. The standard InChI is InChI=1S/C22H24N4O3S/c1-15-23-18-3-2-16(12-19(18)24-15)20(27)26-9-10-29-22(14-26)5-7-25(8-6-22)21(28)17-4-11-30-13-17/h2-4,11-13H,5-10,14H2,1H3,(H,23,24). The maximum absolute atomic E-state index is 13.2. The number of thiophene rings is 1. The van der Waals surface area contributed by atoms with Gasteiger partial charge in [0.25, 0.3) is 11.8 Å². The first kappa shape index (κ1) is 19.3. The lowest BCUT2D eigenvalue weighted by molar-refractivity contribution is -0.123. The van der Waals surface area contributed by atoms with Crippen LogP contribution in [0.1, 0.15) is 39.4 Å². The summed E-state index contributed by atoms with van der Waals surface area (Å²) in [5, 5.41) is 3.82. The summed E-state index contributed by atoms with van der Waals surface area (Å²) in [5.41, 5.74) is 2.79. The largest absolute Gasteiger partial charge is 0.371 e. The van der Waals surface area contributed by atoms with E-state index in [0.29, 0.717) is 38.3 Å². The number of aromatic nitrogens is 2. The van der Waals surface area contributed by atoms with Gasteiger partial charge in [-0.25, -0.2) is 4.98 Å². The predicted octanol–water partition coefficient (Wildman–Crippen LogP) is 3.08. The fourth-order valence-corrected chi connectivity index (χ4v) is 5.09. The average molecular weight is 425 g/mol. The third-order valence-corrected chi connectivity index (χ3v) is 6.80. The first-order chi connectivity index (χ1) is 14.5. The van der Waals surface area contributed by atoms with Gasteiger partial charge in [0, 0.05) is 30.6 Å². The molecule has 2 amide bonds. The van der Waals surface area contributed by atoms with Gasteiger partial charge in [0.15, 0.2) is 0 Å². The van der Waals surface area contributed by atoms with Crippen molar-refractivity contribution in [3.63, 3.8) is 0 Å². The maximum Gasteiger partial charge on any atom is 0.254 e. The smallest absolute Gasteiger partial charge is 0.254 e. The molecule has 0 atom stereocenters. The van der Waals surface area contributed by atoms with Crippen LogP contribution in [-0.4, -0.2) is 70.0 Å². The number of hydrogen-bond acceptors (Lipinski definition) is 5. The molecular weight excluding hydrogens is 400 g/mol. The second kappa shape index (κ2) is 7.52. The highest BCUT2D eigenvalue weighted by Gasteiger charge is 2.42. The van der Waals surface area contributed by atoms with E-state index in [1.54, 1.807) is 0 Å². The number of imidazole rings is 1. The molecule has 156 valence electrons. The SMILES string of the molecule is Cc1nc2ccc(C(=O)N3CCOC4(CCN(C(=O)c5ccsc5)CC4)C3)cc2[nH]1. The zero-order valence-corrected chi connectivity index (χ0v) is 17.7. The molecule has 0 aliphatic carbocycles. The molecule has 0 bridgehead atoms. The molecule has 0 unspecified atom stereocenters. The van der Waals surface area contributed by atoms with Gasteiger partial charge in [-0.1, -0.05) is 0 Å². The highest BCUT2D eigenvalue weighted by Crippen LogP contribution is 2.31. The van der Waals surface area contributed by atoms with Crippen molar-refractivity contribution >= 4 is 34.2 Å². The Morgan fingerprint density at radius 1 is 1.10 bits per heavy atom. The number of aromatic amines is 1. The number of amides is 2. The van der Waals surface area contributed by atoms with Crippen LogP contribution in [0.15, 0.2) is 35.0 Å². The molecule has 0 saturated carbocycles. The van der Waals surface area contributed by atoms with Gasteiger partial charge in [0.2, 0.25) is 0 Å². The molecule has 2 aliphatic heterocycles. The number of benzene rings is 1. The summed E-state index contributed by atoms with van der Waals surface area (Å²) in [5.74, 6) is 0.935. The number of carbonyl (C=O) groups is 2. The molecular formula is C22H24N4O3S. The van der Waals surface area contributed by atoms with Crippen LogP contribution in [0.4, 0.5) is 0 Å². The number of aryl methyl sites for hydroxylation is 1. The topological polar surface area (TPSA) is 78.5 Å². The second-order valence-electron chi connectivity index (χ2n) is 8.12.